The first-order valence-electron chi connectivity index (χ1n) is 21.4. The van der Waals surface area contributed by atoms with Crippen molar-refractivity contribution in [1.82, 2.24) is 59.6 Å². The number of thiazole rings is 2. The van der Waals surface area contributed by atoms with Crippen LogP contribution in [0.25, 0.3) is 21.1 Å². The lowest BCUT2D eigenvalue weighted by Crippen LogP contribution is -2.29. The highest BCUT2D eigenvalue weighted by molar-refractivity contribution is 7.19. The predicted molar refractivity (Wildman–Crippen MR) is 241 cm³/mol. The molecular formula is C44H54N14O2S2. The number of rotatable bonds is 16. The van der Waals surface area contributed by atoms with Crippen LogP contribution in [-0.2, 0) is 19.6 Å². The Labute approximate surface area is 370 Å². The van der Waals surface area contributed by atoms with Gasteiger partial charge in [-0.1, -0.05) is 36.5 Å². The second-order valence-corrected chi connectivity index (χ2v) is 20.2. The Balaban J connectivity index is 0.825. The molecule has 3 aliphatic carbocycles. The molecule has 0 radical (unpaired) electrons. The fourth-order valence-corrected chi connectivity index (χ4v) is 9.71. The number of hydrogen-bond donors (Lipinski definition) is 2. The highest BCUT2D eigenvalue weighted by atomic mass is 32.1. The molecule has 62 heavy (non-hydrogen) atoms. The molecule has 0 aliphatic heterocycles. The van der Waals surface area contributed by atoms with Gasteiger partial charge in [0.2, 0.25) is 11.9 Å². The van der Waals surface area contributed by atoms with Crippen LogP contribution in [0.3, 0.4) is 0 Å². The van der Waals surface area contributed by atoms with Crippen molar-refractivity contribution < 1.29 is 9.47 Å². The van der Waals surface area contributed by atoms with Gasteiger partial charge in [0.25, 0.3) is 0 Å². The van der Waals surface area contributed by atoms with Gasteiger partial charge in [-0.05, 0) is 108 Å². The largest absolute Gasteiger partial charge is 0.460 e. The van der Waals surface area contributed by atoms with Gasteiger partial charge >= 0.3 is 12.0 Å². The van der Waals surface area contributed by atoms with E-state index in [-0.39, 0.29) is 12.2 Å². The first kappa shape index (κ1) is 42.0. The normalized spacial score (nSPS) is 17.4. The standard InChI is InChI=1S/C44H54N14O2S2/c1-43(2)11-6-31(7-12-43)60-40-52-30(18-34(54-40)36-24-51-42(62-36)56-37-46-19-28(20-47-37)25-57(3)4)27-58(5)26-29-21-48-38(49-22-29)55-41-50-23-35(61-41)33-10-17-45-39(53-33)59-32-8-13-44(14-9-32)15-16-44/h10,17-24,31-32H,6-9,11-16,25-27H2,1-5H3,(H,46,47,51,56)(H,48,49,50,55). The van der Waals surface area contributed by atoms with E-state index in [2.05, 4.69) is 76.2 Å². The maximum absolute atomic E-state index is 6.48. The van der Waals surface area contributed by atoms with Gasteiger partial charge in [0, 0.05) is 74.1 Å². The molecule has 2 N–H and O–H groups in total. The van der Waals surface area contributed by atoms with Crippen LogP contribution in [0.4, 0.5) is 22.2 Å². The van der Waals surface area contributed by atoms with E-state index in [4.69, 9.17) is 24.4 Å². The number of hydrogen-bond acceptors (Lipinski definition) is 18. The summed E-state index contributed by atoms with van der Waals surface area (Å²) in [5.74, 6) is 0.959. The molecule has 0 saturated heterocycles. The third-order valence-corrected chi connectivity index (χ3v) is 13.8. The monoisotopic (exact) mass is 874 g/mol. The van der Waals surface area contributed by atoms with Gasteiger partial charge in [-0.25, -0.2) is 34.9 Å². The molecule has 0 bridgehead atoms. The van der Waals surface area contributed by atoms with Gasteiger partial charge in [0.15, 0.2) is 10.3 Å². The second kappa shape index (κ2) is 18.2. The first-order chi connectivity index (χ1) is 30.0. The Morgan fingerprint density at radius 3 is 1.76 bits per heavy atom. The molecule has 0 unspecified atom stereocenters. The number of nitrogens with one attached hydrogen (secondary N) is 2. The van der Waals surface area contributed by atoms with Gasteiger partial charge in [-0.3, -0.25) is 4.90 Å². The van der Waals surface area contributed by atoms with Gasteiger partial charge < -0.3 is 25.0 Å². The van der Waals surface area contributed by atoms with Crippen LogP contribution in [0.5, 0.6) is 12.0 Å². The second-order valence-electron chi connectivity index (χ2n) is 18.1. The van der Waals surface area contributed by atoms with E-state index in [1.54, 1.807) is 12.4 Å². The summed E-state index contributed by atoms with van der Waals surface area (Å²) in [6.07, 6.45) is 24.5. The maximum atomic E-state index is 6.48. The molecule has 9 rings (SSSR count). The van der Waals surface area contributed by atoms with Crippen molar-refractivity contribution in [2.24, 2.45) is 10.8 Å². The number of anilines is 4. The van der Waals surface area contributed by atoms with Crippen molar-refractivity contribution in [1.29, 1.82) is 0 Å². The zero-order valence-electron chi connectivity index (χ0n) is 36.0. The molecule has 16 nitrogen and oxygen atoms in total. The summed E-state index contributed by atoms with van der Waals surface area (Å²) in [6.45, 7) is 6.58. The lowest BCUT2D eigenvalue weighted by molar-refractivity contribution is 0.0903. The predicted octanol–water partition coefficient (Wildman–Crippen LogP) is 8.72. The lowest BCUT2D eigenvalue weighted by Gasteiger charge is -2.33. The Morgan fingerprint density at radius 1 is 0.613 bits per heavy atom. The van der Waals surface area contributed by atoms with E-state index < -0.39 is 0 Å². The maximum Gasteiger partial charge on any atom is 0.317 e. The molecule has 6 heterocycles. The third-order valence-electron chi connectivity index (χ3n) is 11.9. The zero-order chi connectivity index (χ0) is 42.7. The fourth-order valence-electron chi connectivity index (χ4n) is 8.16. The van der Waals surface area contributed by atoms with Crippen LogP contribution in [0, 0.1) is 10.8 Å². The van der Waals surface area contributed by atoms with E-state index in [0.717, 1.165) is 83.0 Å². The third kappa shape index (κ3) is 11.0. The molecule has 0 aromatic carbocycles. The molecule has 0 atom stereocenters. The molecule has 0 amide bonds. The summed E-state index contributed by atoms with van der Waals surface area (Å²) in [5.41, 5.74) is 5.32. The number of aromatic nitrogens is 10. The van der Waals surface area contributed by atoms with Crippen LogP contribution in [-0.4, -0.2) is 93.0 Å². The number of ether oxygens (including phenoxy) is 2. The van der Waals surface area contributed by atoms with Gasteiger partial charge in [0.1, 0.15) is 12.2 Å². The molecular weight excluding hydrogens is 821 g/mol. The van der Waals surface area contributed by atoms with Gasteiger partial charge in [0.05, 0.1) is 26.8 Å². The van der Waals surface area contributed by atoms with Crippen molar-refractivity contribution in [2.75, 3.05) is 31.8 Å². The molecule has 3 fully saturated rings. The molecule has 3 aliphatic rings. The van der Waals surface area contributed by atoms with E-state index >= 15 is 0 Å². The van der Waals surface area contributed by atoms with Crippen LogP contribution >= 0.6 is 22.7 Å². The Hall–Kier alpha value is -5.30. The topological polar surface area (TPSA) is 178 Å². The van der Waals surface area contributed by atoms with Crippen molar-refractivity contribution >= 4 is 44.8 Å². The Bertz CT molecular complexity index is 2420. The minimum absolute atomic E-state index is 0.0796. The molecule has 3 saturated carbocycles. The highest BCUT2D eigenvalue weighted by Crippen LogP contribution is 2.56. The molecule has 6 aromatic heterocycles. The average Bonchev–Trinajstić information content (AvgIpc) is 3.58. The van der Waals surface area contributed by atoms with Crippen LogP contribution in [0.15, 0.2) is 55.5 Å². The summed E-state index contributed by atoms with van der Waals surface area (Å²) in [5, 5.41) is 7.83. The first-order valence-corrected chi connectivity index (χ1v) is 23.1. The summed E-state index contributed by atoms with van der Waals surface area (Å²) >= 11 is 2.97. The summed E-state index contributed by atoms with van der Waals surface area (Å²) < 4.78 is 12.7. The van der Waals surface area contributed by atoms with E-state index in [1.165, 1.54) is 48.4 Å². The van der Waals surface area contributed by atoms with Gasteiger partial charge in [-0.15, -0.1) is 0 Å². The number of nitrogens with zero attached hydrogens (tertiary/aromatic N) is 12. The SMILES string of the molecule is CN(C)Cc1cnc(Nc2ncc(-c3cc(CN(C)Cc4cnc(Nc5ncc(-c6ccnc(OC7CCC8(CC7)CC8)n6)s5)nc4)nc(OC4CCC(C)(C)CC4)n3)s2)nc1. The minimum Gasteiger partial charge on any atom is -0.460 e. The molecule has 324 valence electrons. The highest BCUT2D eigenvalue weighted by Gasteiger charge is 2.45. The van der Waals surface area contributed by atoms with Crippen molar-refractivity contribution in [3.63, 3.8) is 0 Å². The lowest BCUT2D eigenvalue weighted by atomic mass is 9.76. The fraction of sp³-hybridized carbons (Fsp3) is 0.500. The molecule has 6 aromatic rings. The van der Waals surface area contributed by atoms with Crippen molar-refractivity contribution in [3.8, 4) is 33.2 Å². The van der Waals surface area contributed by atoms with E-state index in [0.29, 0.717) is 58.1 Å². The van der Waals surface area contributed by atoms with Crippen LogP contribution in [0.2, 0.25) is 0 Å². The Kier molecular flexibility index (Phi) is 12.3. The summed E-state index contributed by atoms with van der Waals surface area (Å²) in [6, 6.07) is 4.72. The Morgan fingerprint density at radius 2 is 1.16 bits per heavy atom. The van der Waals surface area contributed by atoms with E-state index in [1.807, 2.05) is 57.2 Å². The van der Waals surface area contributed by atoms with E-state index in [9.17, 15) is 0 Å². The van der Waals surface area contributed by atoms with Crippen LogP contribution in [0.1, 0.15) is 94.9 Å². The quantitative estimate of drug-likeness (QED) is 0.0942. The van der Waals surface area contributed by atoms with Gasteiger partial charge in [-0.2, -0.15) is 15.0 Å². The smallest absolute Gasteiger partial charge is 0.317 e. The summed E-state index contributed by atoms with van der Waals surface area (Å²) in [7, 11) is 6.09. The van der Waals surface area contributed by atoms with Crippen molar-refractivity contribution in [3.05, 3.63) is 72.3 Å². The zero-order valence-corrected chi connectivity index (χ0v) is 37.7. The minimum atomic E-state index is 0.0796. The van der Waals surface area contributed by atoms with Crippen molar-refractivity contribution in [2.45, 2.75) is 110 Å². The molecule has 18 heteroatoms. The molecule has 1 spiro atoms. The average molecular weight is 875 g/mol. The van der Waals surface area contributed by atoms with Crippen LogP contribution < -0.4 is 20.1 Å². The summed E-state index contributed by atoms with van der Waals surface area (Å²) in [4.78, 5) is 52.3.